The fraction of sp³-hybridized carbons (Fsp3) is 0.292. The van der Waals surface area contributed by atoms with Gasteiger partial charge in [0.05, 0.1) is 0 Å². The van der Waals surface area contributed by atoms with E-state index in [0.29, 0.717) is 12.6 Å². The van der Waals surface area contributed by atoms with Gasteiger partial charge in [-0.15, -0.1) is 0 Å². The molecule has 3 aromatic rings. The predicted molar refractivity (Wildman–Crippen MR) is 109 cm³/mol. The summed E-state index contributed by atoms with van der Waals surface area (Å²) in [6, 6.07) is 22.5. The third-order valence-corrected chi connectivity index (χ3v) is 5.41. The lowest BCUT2D eigenvalue weighted by Crippen LogP contribution is -2.42. The first kappa shape index (κ1) is 17.6. The van der Waals surface area contributed by atoms with Crippen LogP contribution < -0.4 is 4.74 Å². The maximum atomic E-state index is 12.7. The van der Waals surface area contributed by atoms with Gasteiger partial charge in [0.15, 0.2) is 0 Å². The Morgan fingerprint density at radius 1 is 1.00 bits per heavy atom. The van der Waals surface area contributed by atoms with E-state index in [-0.39, 0.29) is 5.91 Å². The number of piperidine rings is 1. The molecule has 1 heterocycles. The number of ether oxygens (including phenoxy) is 1. The normalized spacial score (nSPS) is 17.1. The second-order valence-electron chi connectivity index (χ2n) is 7.31. The third kappa shape index (κ3) is 3.82. The number of amides is 1. The molecule has 1 atom stereocenters. The van der Waals surface area contributed by atoms with Crippen molar-refractivity contribution in [2.24, 2.45) is 0 Å². The van der Waals surface area contributed by atoms with Crippen LogP contribution in [-0.4, -0.2) is 23.4 Å². The summed E-state index contributed by atoms with van der Waals surface area (Å²) in [5.41, 5.74) is 1.82. The third-order valence-electron chi connectivity index (χ3n) is 5.41. The summed E-state index contributed by atoms with van der Waals surface area (Å²) < 4.78 is 6.04. The van der Waals surface area contributed by atoms with Crippen molar-refractivity contribution in [2.45, 2.75) is 38.8 Å². The summed E-state index contributed by atoms with van der Waals surface area (Å²) in [5, 5.41) is 2.29. The Hall–Kier alpha value is -2.81. The summed E-state index contributed by atoms with van der Waals surface area (Å²) in [6.07, 6.45) is 3.42. The lowest BCUT2D eigenvalue weighted by molar-refractivity contribution is 0.0635. The minimum atomic E-state index is 0.142. The van der Waals surface area contributed by atoms with E-state index in [1.165, 1.54) is 11.8 Å². The molecule has 27 heavy (non-hydrogen) atoms. The molecule has 0 radical (unpaired) electrons. The van der Waals surface area contributed by atoms with E-state index in [9.17, 15) is 4.79 Å². The summed E-state index contributed by atoms with van der Waals surface area (Å²) in [7, 11) is 0. The number of fused-ring (bicyclic) bond motifs is 1. The maximum absolute atomic E-state index is 12.7. The molecule has 1 saturated heterocycles. The number of likely N-dealkylation sites (tertiary alicyclic amines) is 1. The zero-order chi connectivity index (χ0) is 18.6. The van der Waals surface area contributed by atoms with Gasteiger partial charge < -0.3 is 9.64 Å². The summed E-state index contributed by atoms with van der Waals surface area (Å²) in [4.78, 5) is 14.7. The highest BCUT2D eigenvalue weighted by Crippen LogP contribution is 2.26. The van der Waals surface area contributed by atoms with Crippen LogP contribution in [0.1, 0.15) is 42.1 Å². The van der Waals surface area contributed by atoms with Crippen LogP contribution in [0.4, 0.5) is 0 Å². The predicted octanol–water partition coefficient (Wildman–Crippen LogP) is 5.43. The van der Waals surface area contributed by atoms with Crippen molar-refractivity contribution in [1.29, 1.82) is 0 Å². The molecule has 1 aliphatic heterocycles. The van der Waals surface area contributed by atoms with Gasteiger partial charge in [0.2, 0.25) is 0 Å². The van der Waals surface area contributed by atoms with Crippen molar-refractivity contribution in [3.63, 3.8) is 0 Å². The standard InChI is InChI=1S/C24H25NO2/c1-18-7-4-5-16-25(18)24(26)21-14-12-19(13-15-21)17-27-23-11-6-9-20-8-2-3-10-22(20)23/h2-3,6,8-15,18H,4-5,7,16-17H2,1H3. The molecule has 1 aliphatic rings. The van der Waals surface area contributed by atoms with Gasteiger partial charge in [-0.05, 0) is 55.3 Å². The molecule has 0 saturated carbocycles. The van der Waals surface area contributed by atoms with Gasteiger partial charge in [-0.2, -0.15) is 0 Å². The lowest BCUT2D eigenvalue weighted by Gasteiger charge is -2.33. The summed E-state index contributed by atoms with van der Waals surface area (Å²) in [6.45, 7) is 3.50. The first-order valence-electron chi connectivity index (χ1n) is 9.73. The molecule has 0 aliphatic carbocycles. The fourth-order valence-electron chi connectivity index (χ4n) is 3.79. The fourth-order valence-corrected chi connectivity index (χ4v) is 3.79. The summed E-state index contributed by atoms with van der Waals surface area (Å²) >= 11 is 0. The molecule has 1 fully saturated rings. The zero-order valence-corrected chi connectivity index (χ0v) is 15.7. The van der Waals surface area contributed by atoms with Gasteiger partial charge in [-0.3, -0.25) is 4.79 Å². The molecular formula is C24H25NO2. The summed E-state index contributed by atoms with van der Waals surface area (Å²) in [5.74, 6) is 1.03. The van der Waals surface area contributed by atoms with Gasteiger partial charge >= 0.3 is 0 Å². The average Bonchev–Trinajstić information content (AvgIpc) is 2.72. The Morgan fingerprint density at radius 2 is 1.78 bits per heavy atom. The number of hydrogen-bond donors (Lipinski definition) is 0. The van der Waals surface area contributed by atoms with Gasteiger partial charge in [0.1, 0.15) is 12.4 Å². The quantitative estimate of drug-likeness (QED) is 0.621. The van der Waals surface area contributed by atoms with Gasteiger partial charge in [0.25, 0.3) is 5.91 Å². The zero-order valence-electron chi connectivity index (χ0n) is 15.7. The van der Waals surface area contributed by atoms with Crippen molar-refractivity contribution >= 4 is 16.7 Å². The van der Waals surface area contributed by atoms with Crippen LogP contribution in [0.25, 0.3) is 10.8 Å². The van der Waals surface area contributed by atoms with Crippen LogP contribution >= 0.6 is 0 Å². The Morgan fingerprint density at radius 3 is 2.59 bits per heavy atom. The van der Waals surface area contributed by atoms with Crippen LogP contribution in [0, 0.1) is 0 Å². The number of benzene rings is 3. The minimum Gasteiger partial charge on any atom is -0.488 e. The molecule has 1 amide bonds. The van der Waals surface area contributed by atoms with E-state index in [0.717, 1.165) is 41.6 Å². The molecule has 0 bridgehead atoms. The molecule has 3 aromatic carbocycles. The van der Waals surface area contributed by atoms with Crippen LogP contribution in [0.3, 0.4) is 0 Å². The van der Waals surface area contributed by atoms with Crippen LogP contribution in [0.15, 0.2) is 66.7 Å². The second-order valence-corrected chi connectivity index (χ2v) is 7.31. The van der Waals surface area contributed by atoms with E-state index < -0.39 is 0 Å². The highest BCUT2D eigenvalue weighted by molar-refractivity contribution is 5.94. The van der Waals surface area contributed by atoms with Crippen LogP contribution in [0.5, 0.6) is 5.75 Å². The maximum Gasteiger partial charge on any atom is 0.254 e. The molecular weight excluding hydrogens is 334 g/mol. The van der Waals surface area contributed by atoms with Crippen molar-refractivity contribution < 1.29 is 9.53 Å². The largest absolute Gasteiger partial charge is 0.488 e. The Kier molecular flexibility index (Phi) is 5.10. The van der Waals surface area contributed by atoms with Crippen molar-refractivity contribution in [3.8, 4) is 5.75 Å². The van der Waals surface area contributed by atoms with E-state index in [1.807, 2.05) is 53.4 Å². The Labute approximate surface area is 160 Å². The molecule has 4 rings (SSSR count). The highest BCUT2D eigenvalue weighted by atomic mass is 16.5. The number of carbonyl (C=O) groups excluding carboxylic acids is 1. The molecule has 0 spiro atoms. The van der Waals surface area contributed by atoms with E-state index in [2.05, 4.69) is 25.1 Å². The van der Waals surface area contributed by atoms with E-state index >= 15 is 0 Å². The Bertz CT molecular complexity index is 927. The van der Waals surface area contributed by atoms with E-state index in [4.69, 9.17) is 4.74 Å². The van der Waals surface area contributed by atoms with Gasteiger partial charge in [-0.25, -0.2) is 0 Å². The first-order chi connectivity index (χ1) is 13.2. The number of nitrogens with zero attached hydrogens (tertiary/aromatic N) is 1. The van der Waals surface area contributed by atoms with E-state index in [1.54, 1.807) is 0 Å². The first-order valence-corrected chi connectivity index (χ1v) is 9.73. The van der Waals surface area contributed by atoms with Crippen LogP contribution in [-0.2, 0) is 6.61 Å². The van der Waals surface area contributed by atoms with Gasteiger partial charge in [0, 0.05) is 23.5 Å². The van der Waals surface area contributed by atoms with Gasteiger partial charge in [-0.1, -0.05) is 48.5 Å². The van der Waals surface area contributed by atoms with Crippen LogP contribution in [0.2, 0.25) is 0 Å². The minimum absolute atomic E-state index is 0.142. The molecule has 3 nitrogen and oxygen atoms in total. The average molecular weight is 359 g/mol. The topological polar surface area (TPSA) is 29.5 Å². The highest BCUT2D eigenvalue weighted by Gasteiger charge is 2.23. The SMILES string of the molecule is CC1CCCCN1C(=O)c1ccc(COc2cccc3ccccc23)cc1. The molecule has 0 N–H and O–H groups in total. The number of carbonyl (C=O) groups is 1. The molecule has 0 aromatic heterocycles. The molecule has 3 heteroatoms. The smallest absolute Gasteiger partial charge is 0.254 e. The van der Waals surface area contributed by atoms with Crippen molar-refractivity contribution in [1.82, 2.24) is 4.90 Å². The second kappa shape index (κ2) is 7.83. The molecule has 1 unspecified atom stereocenters. The Balaban J connectivity index is 1.44. The molecule has 138 valence electrons. The number of rotatable bonds is 4. The van der Waals surface area contributed by atoms with Crippen molar-refractivity contribution in [3.05, 3.63) is 77.9 Å². The monoisotopic (exact) mass is 359 g/mol. The van der Waals surface area contributed by atoms with Crippen molar-refractivity contribution in [2.75, 3.05) is 6.54 Å². The number of hydrogen-bond acceptors (Lipinski definition) is 2. The lowest BCUT2D eigenvalue weighted by atomic mass is 10.0.